The van der Waals surface area contributed by atoms with Crippen LogP contribution in [0.2, 0.25) is 0 Å². The summed E-state index contributed by atoms with van der Waals surface area (Å²) in [7, 11) is 0. The highest BCUT2D eigenvalue weighted by molar-refractivity contribution is 5.81. The van der Waals surface area contributed by atoms with E-state index in [1.54, 1.807) is 6.20 Å². The average molecular weight is 261 g/mol. The Bertz CT molecular complexity index is 405. The molecule has 2 rings (SSSR count). The zero-order valence-corrected chi connectivity index (χ0v) is 11.8. The number of aromatic nitrogens is 1. The second-order valence-corrected chi connectivity index (χ2v) is 5.59. The molecular weight excluding hydrogens is 238 g/mol. The molecule has 1 aliphatic heterocycles. The molecule has 104 valence electrons. The van der Waals surface area contributed by atoms with Crippen LogP contribution < -0.4 is 5.32 Å². The van der Waals surface area contributed by atoms with Crippen molar-refractivity contribution in [1.29, 1.82) is 0 Å². The Balaban J connectivity index is 1.85. The maximum absolute atomic E-state index is 12.2. The lowest BCUT2D eigenvalue weighted by molar-refractivity contribution is -0.125. The van der Waals surface area contributed by atoms with E-state index in [0.29, 0.717) is 12.5 Å². The summed E-state index contributed by atoms with van der Waals surface area (Å²) in [6.45, 7) is 6.95. The molecule has 2 heterocycles. The summed E-state index contributed by atoms with van der Waals surface area (Å²) in [4.78, 5) is 18.8. The third-order valence-electron chi connectivity index (χ3n) is 3.44. The van der Waals surface area contributed by atoms with Crippen molar-refractivity contribution < 1.29 is 4.79 Å². The number of likely N-dealkylation sites (tertiary alicyclic amines) is 1. The van der Waals surface area contributed by atoms with Gasteiger partial charge in [0.1, 0.15) is 0 Å². The Hall–Kier alpha value is -1.42. The molecule has 0 aromatic carbocycles. The number of hydrogen-bond acceptors (Lipinski definition) is 3. The lowest BCUT2D eigenvalue weighted by atomic mass is 10.1. The summed E-state index contributed by atoms with van der Waals surface area (Å²) in [6.07, 6.45) is 3.84. The maximum atomic E-state index is 12.2. The third-order valence-corrected chi connectivity index (χ3v) is 3.44. The molecule has 1 amide bonds. The summed E-state index contributed by atoms with van der Waals surface area (Å²) in [5.41, 5.74) is 0.907. The molecule has 1 aromatic heterocycles. The smallest absolute Gasteiger partial charge is 0.237 e. The first-order valence-electron chi connectivity index (χ1n) is 7.08. The van der Waals surface area contributed by atoms with E-state index in [4.69, 9.17) is 0 Å². The van der Waals surface area contributed by atoms with E-state index < -0.39 is 0 Å². The second kappa shape index (κ2) is 6.66. The fourth-order valence-electron chi connectivity index (χ4n) is 2.61. The van der Waals surface area contributed by atoms with Gasteiger partial charge in [0.25, 0.3) is 0 Å². The molecule has 1 aromatic rings. The van der Waals surface area contributed by atoms with Gasteiger partial charge >= 0.3 is 0 Å². The first-order valence-corrected chi connectivity index (χ1v) is 7.08. The molecule has 1 atom stereocenters. The predicted octanol–water partition coefficient (Wildman–Crippen LogP) is 1.82. The standard InChI is InChI=1S/C15H23N3O/c1-12(2)11-18-9-5-7-14(18)15(19)17-10-13-6-3-4-8-16-13/h3-4,6,8,12,14H,5,7,9-11H2,1-2H3,(H,17,19)/t14-/m1/s1. The van der Waals surface area contributed by atoms with Crippen LogP contribution >= 0.6 is 0 Å². The highest BCUT2D eigenvalue weighted by Gasteiger charge is 2.30. The van der Waals surface area contributed by atoms with Crippen LogP contribution in [-0.2, 0) is 11.3 Å². The fraction of sp³-hybridized carbons (Fsp3) is 0.600. The summed E-state index contributed by atoms with van der Waals surface area (Å²) in [5, 5.41) is 3.00. The molecule has 0 aliphatic carbocycles. The molecule has 1 saturated heterocycles. The van der Waals surface area contributed by atoms with Crippen molar-refractivity contribution >= 4 is 5.91 Å². The first kappa shape index (κ1) is 14.0. The normalized spacial score (nSPS) is 19.8. The maximum Gasteiger partial charge on any atom is 0.237 e. The van der Waals surface area contributed by atoms with Crippen LogP contribution in [0, 0.1) is 5.92 Å². The van der Waals surface area contributed by atoms with Gasteiger partial charge in [-0.15, -0.1) is 0 Å². The Morgan fingerprint density at radius 1 is 1.53 bits per heavy atom. The Kier molecular flexibility index (Phi) is 4.91. The van der Waals surface area contributed by atoms with E-state index in [9.17, 15) is 4.79 Å². The van der Waals surface area contributed by atoms with Crippen molar-refractivity contribution in [3.63, 3.8) is 0 Å². The lowest BCUT2D eigenvalue weighted by Crippen LogP contribution is -2.44. The third kappa shape index (κ3) is 4.03. The Labute approximate surface area is 115 Å². The highest BCUT2D eigenvalue weighted by atomic mass is 16.2. The molecule has 0 unspecified atom stereocenters. The van der Waals surface area contributed by atoms with Crippen molar-refractivity contribution in [2.75, 3.05) is 13.1 Å². The van der Waals surface area contributed by atoms with Gasteiger partial charge < -0.3 is 5.32 Å². The molecular formula is C15H23N3O. The second-order valence-electron chi connectivity index (χ2n) is 5.59. The van der Waals surface area contributed by atoms with Crippen LogP contribution in [0.3, 0.4) is 0 Å². The zero-order chi connectivity index (χ0) is 13.7. The van der Waals surface area contributed by atoms with Crippen LogP contribution in [0.5, 0.6) is 0 Å². The molecule has 0 bridgehead atoms. The van der Waals surface area contributed by atoms with Gasteiger partial charge in [0, 0.05) is 12.7 Å². The predicted molar refractivity (Wildman–Crippen MR) is 75.5 cm³/mol. The molecule has 1 N–H and O–H groups in total. The highest BCUT2D eigenvalue weighted by Crippen LogP contribution is 2.18. The summed E-state index contributed by atoms with van der Waals surface area (Å²) >= 11 is 0. The quantitative estimate of drug-likeness (QED) is 0.879. The Morgan fingerprint density at radius 3 is 3.05 bits per heavy atom. The van der Waals surface area contributed by atoms with Crippen LogP contribution in [0.25, 0.3) is 0 Å². The summed E-state index contributed by atoms with van der Waals surface area (Å²) < 4.78 is 0. The van der Waals surface area contributed by atoms with Crippen molar-refractivity contribution in [1.82, 2.24) is 15.2 Å². The first-order chi connectivity index (χ1) is 9.16. The SMILES string of the molecule is CC(C)CN1CCC[C@@H]1C(=O)NCc1ccccn1. The molecule has 0 radical (unpaired) electrons. The molecule has 1 fully saturated rings. The molecule has 4 nitrogen and oxygen atoms in total. The number of hydrogen-bond donors (Lipinski definition) is 1. The minimum Gasteiger partial charge on any atom is -0.349 e. The monoisotopic (exact) mass is 261 g/mol. The molecule has 0 saturated carbocycles. The van der Waals surface area contributed by atoms with Crippen molar-refractivity contribution in [2.45, 2.75) is 39.3 Å². The van der Waals surface area contributed by atoms with Gasteiger partial charge in [-0.1, -0.05) is 19.9 Å². The number of nitrogens with zero attached hydrogens (tertiary/aromatic N) is 2. The molecule has 0 spiro atoms. The topological polar surface area (TPSA) is 45.2 Å². The number of carbonyl (C=O) groups excluding carboxylic acids is 1. The van der Waals surface area contributed by atoms with Crippen molar-refractivity contribution in [2.24, 2.45) is 5.92 Å². The van der Waals surface area contributed by atoms with Gasteiger partial charge in [-0.3, -0.25) is 14.7 Å². The van der Waals surface area contributed by atoms with Crippen LogP contribution in [-0.4, -0.2) is 34.9 Å². The van der Waals surface area contributed by atoms with Crippen molar-refractivity contribution in [3.8, 4) is 0 Å². The van der Waals surface area contributed by atoms with E-state index in [2.05, 4.69) is 29.0 Å². The van der Waals surface area contributed by atoms with Gasteiger partial charge in [-0.2, -0.15) is 0 Å². The van der Waals surface area contributed by atoms with Crippen LogP contribution in [0.15, 0.2) is 24.4 Å². The van der Waals surface area contributed by atoms with E-state index in [0.717, 1.165) is 31.6 Å². The van der Waals surface area contributed by atoms with E-state index >= 15 is 0 Å². The molecule has 4 heteroatoms. The average Bonchev–Trinajstić information content (AvgIpc) is 2.84. The summed E-state index contributed by atoms with van der Waals surface area (Å²) in [6, 6.07) is 5.80. The van der Waals surface area contributed by atoms with Gasteiger partial charge in [0.15, 0.2) is 0 Å². The number of amides is 1. The minimum absolute atomic E-state index is 0.0473. The van der Waals surface area contributed by atoms with Crippen LogP contribution in [0.4, 0.5) is 0 Å². The van der Waals surface area contributed by atoms with Crippen molar-refractivity contribution in [3.05, 3.63) is 30.1 Å². The van der Waals surface area contributed by atoms with Gasteiger partial charge in [-0.05, 0) is 37.4 Å². The van der Waals surface area contributed by atoms with Crippen LogP contribution in [0.1, 0.15) is 32.4 Å². The number of pyridine rings is 1. The Morgan fingerprint density at radius 2 is 2.37 bits per heavy atom. The zero-order valence-electron chi connectivity index (χ0n) is 11.8. The van der Waals surface area contributed by atoms with E-state index in [-0.39, 0.29) is 11.9 Å². The van der Waals surface area contributed by atoms with E-state index in [1.165, 1.54) is 0 Å². The number of nitrogens with one attached hydrogen (secondary N) is 1. The fourth-order valence-corrected chi connectivity index (χ4v) is 2.61. The molecule has 19 heavy (non-hydrogen) atoms. The minimum atomic E-state index is 0.0473. The number of rotatable bonds is 5. The van der Waals surface area contributed by atoms with Gasteiger partial charge in [-0.25, -0.2) is 0 Å². The number of carbonyl (C=O) groups is 1. The van der Waals surface area contributed by atoms with Gasteiger partial charge in [0.2, 0.25) is 5.91 Å². The summed E-state index contributed by atoms with van der Waals surface area (Å²) in [5.74, 6) is 0.744. The lowest BCUT2D eigenvalue weighted by Gasteiger charge is -2.25. The largest absolute Gasteiger partial charge is 0.349 e. The van der Waals surface area contributed by atoms with Gasteiger partial charge in [0.05, 0.1) is 18.3 Å². The molecule has 1 aliphatic rings. The van der Waals surface area contributed by atoms with E-state index in [1.807, 2.05) is 18.2 Å².